The van der Waals surface area contributed by atoms with Gasteiger partial charge >= 0.3 is 0 Å². The van der Waals surface area contributed by atoms with E-state index in [9.17, 15) is 0 Å². The van der Waals surface area contributed by atoms with Crippen molar-refractivity contribution >= 4 is 34.5 Å². The molecule has 2 aromatic rings. The van der Waals surface area contributed by atoms with Crippen LogP contribution in [0.25, 0.3) is 0 Å². The fourth-order valence-corrected chi connectivity index (χ4v) is 3.09. The second-order valence-electron chi connectivity index (χ2n) is 4.35. The summed E-state index contributed by atoms with van der Waals surface area (Å²) in [5.41, 5.74) is 4.88. The molecule has 1 unspecified atom stereocenters. The molecule has 0 aliphatic carbocycles. The number of hydrogen-bond donors (Lipinski definition) is 2. The lowest BCUT2D eigenvalue weighted by Crippen LogP contribution is -2.29. The molecular formula is C13H15Cl2N3S. The van der Waals surface area contributed by atoms with E-state index < -0.39 is 0 Å². The molecule has 3 N–H and O–H groups in total. The summed E-state index contributed by atoms with van der Waals surface area (Å²) >= 11 is 13.6. The number of nitrogens with two attached hydrogens (primary N) is 1. The standard InChI is InChI=1S/C13H15Cl2N3S/c1-7-8(2)19-13(17-7)6-12(18-16)9-3-4-10(14)11(15)5-9/h3-5,12,18H,6,16H2,1-2H3. The summed E-state index contributed by atoms with van der Waals surface area (Å²) < 4.78 is 0. The number of rotatable bonds is 4. The summed E-state index contributed by atoms with van der Waals surface area (Å²) in [6, 6.07) is 5.51. The quantitative estimate of drug-likeness (QED) is 0.666. The lowest BCUT2D eigenvalue weighted by Gasteiger charge is -2.15. The van der Waals surface area contributed by atoms with Crippen LogP contribution in [0, 0.1) is 13.8 Å². The molecule has 0 aliphatic heterocycles. The van der Waals surface area contributed by atoms with Crippen molar-refractivity contribution in [1.29, 1.82) is 0 Å². The third kappa shape index (κ3) is 3.46. The van der Waals surface area contributed by atoms with Gasteiger partial charge in [-0.2, -0.15) is 0 Å². The highest BCUT2D eigenvalue weighted by molar-refractivity contribution is 7.11. The van der Waals surface area contributed by atoms with Gasteiger partial charge in [-0.1, -0.05) is 29.3 Å². The van der Waals surface area contributed by atoms with Crippen LogP contribution in [0.4, 0.5) is 0 Å². The normalized spacial score (nSPS) is 12.7. The average molecular weight is 316 g/mol. The molecule has 0 spiro atoms. The van der Waals surface area contributed by atoms with Gasteiger partial charge in [0.1, 0.15) is 0 Å². The van der Waals surface area contributed by atoms with Crippen LogP contribution in [0.3, 0.4) is 0 Å². The molecule has 1 aromatic carbocycles. The van der Waals surface area contributed by atoms with Crippen LogP contribution in [0.1, 0.15) is 27.2 Å². The highest BCUT2D eigenvalue weighted by atomic mass is 35.5. The molecule has 1 aromatic heterocycles. The highest BCUT2D eigenvalue weighted by Gasteiger charge is 2.15. The Morgan fingerprint density at radius 2 is 2.05 bits per heavy atom. The largest absolute Gasteiger partial charge is 0.271 e. The van der Waals surface area contributed by atoms with E-state index in [-0.39, 0.29) is 6.04 Å². The van der Waals surface area contributed by atoms with E-state index in [1.807, 2.05) is 19.1 Å². The van der Waals surface area contributed by atoms with Gasteiger partial charge in [0.25, 0.3) is 0 Å². The summed E-state index contributed by atoms with van der Waals surface area (Å²) in [4.78, 5) is 5.76. The SMILES string of the molecule is Cc1nc(CC(NN)c2ccc(Cl)c(Cl)c2)sc1C. The lowest BCUT2D eigenvalue weighted by atomic mass is 10.0. The number of nitrogens with one attached hydrogen (secondary N) is 1. The third-order valence-corrected chi connectivity index (χ3v) is 4.83. The van der Waals surface area contributed by atoms with E-state index in [4.69, 9.17) is 29.0 Å². The summed E-state index contributed by atoms with van der Waals surface area (Å²) in [7, 11) is 0. The molecular weight excluding hydrogens is 301 g/mol. The molecule has 0 radical (unpaired) electrons. The molecule has 0 saturated heterocycles. The number of hydrogen-bond acceptors (Lipinski definition) is 4. The number of nitrogens with zero attached hydrogens (tertiary/aromatic N) is 1. The first-order chi connectivity index (χ1) is 9.01. The predicted octanol–water partition coefficient (Wildman–Crippen LogP) is 3.81. The average Bonchev–Trinajstić information content (AvgIpc) is 2.69. The number of aromatic nitrogens is 1. The molecule has 2 rings (SSSR count). The molecule has 0 amide bonds. The van der Waals surface area contributed by atoms with Crippen LogP contribution in [0.15, 0.2) is 18.2 Å². The maximum Gasteiger partial charge on any atom is 0.0950 e. The number of benzene rings is 1. The Hall–Kier alpha value is -0.650. The fraction of sp³-hybridized carbons (Fsp3) is 0.308. The van der Waals surface area contributed by atoms with E-state index in [0.717, 1.165) is 22.7 Å². The maximum atomic E-state index is 6.03. The Kier molecular flexibility index (Phi) is 4.81. The Morgan fingerprint density at radius 3 is 2.58 bits per heavy atom. The molecule has 19 heavy (non-hydrogen) atoms. The Balaban J connectivity index is 2.22. The van der Waals surface area contributed by atoms with Gasteiger partial charge in [-0.25, -0.2) is 4.98 Å². The van der Waals surface area contributed by atoms with Crippen LogP contribution in [-0.4, -0.2) is 4.98 Å². The van der Waals surface area contributed by atoms with E-state index >= 15 is 0 Å². The van der Waals surface area contributed by atoms with Crippen molar-refractivity contribution in [2.45, 2.75) is 26.3 Å². The first-order valence-electron chi connectivity index (χ1n) is 5.85. The predicted molar refractivity (Wildman–Crippen MR) is 81.8 cm³/mol. The minimum atomic E-state index is -0.0280. The molecule has 102 valence electrons. The Labute approximate surface area is 126 Å². The smallest absolute Gasteiger partial charge is 0.0950 e. The topological polar surface area (TPSA) is 50.9 Å². The lowest BCUT2D eigenvalue weighted by molar-refractivity contribution is 0.550. The van der Waals surface area contributed by atoms with Crippen molar-refractivity contribution in [3.05, 3.63) is 49.4 Å². The third-order valence-electron chi connectivity index (χ3n) is 3.00. The molecule has 0 bridgehead atoms. The molecule has 1 heterocycles. The summed E-state index contributed by atoms with van der Waals surface area (Å²) in [6.07, 6.45) is 0.730. The fourth-order valence-electron chi connectivity index (χ4n) is 1.80. The van der Waals surface area contributed by atoms with Crippen LogP contribution < -0.4 is 11.3 Å². The van der Waals surface area contributed by atoms with Gasteiger partial charge in [-0.15, -0.1) is 11.3 Å². The van der Waals surface area contributed by atoms with Gasteiger partial charge < -0.3 is 0 Å². The number of halogens is 2. The summed E-state index contributed by atoms with van der Waals surface area (Å²) in [6.45, 7) is 4.08. The molecule has 6 heteroatoms. The zero-order valence-corrected chi connectivity index (χ0v) is 13.0. The van der Waals surface area contributed by atoms with Crippen molar-refractivity contribution in [3.63, 3.8) is 0 Å². The molecule has 3 nitrogen and oxygen atoms in total. The molecule has 1 atom stereocenters. The van der Waals surface area contributed by atoms with Gasteiger partial charge in [0.15, 0.2) is 0 Å². The number of thiazole rings is 1. The minimum absolute atomic E-state index is 0.0280. The maximum absolute atomic E-state index is 6.03. The molecule has 0 aliphatic rings. The van der Waals surface area contributed by atoms with Gasteiger partial charge in [-0.05, 0) is 31.5 Å². The van der Waals surface area contributed by atoms with Crippen molar-refractivity contribution in [2.75, 3.05) is 0 Å². The first kappa shape index (κ1) is 14.8. The summed E-state index contributed by atoms with van der Waals surface area (Å²) in [5.74, 6) is 5.64. The van der Waals surface area contributed by atoms with Crippen molar-refractivity contribution < 1.29 is 0 Å². The Bertz CT molecular complexity index is 564. The van der Waals surface area contributed by atoms with Gasteiger partial charge in [0.2, 0.25) is 0 Å². The van der Waals surface area contributed by atoms with E-state index in [2.05, 4.69) is 17.3 Å². The van der Waals surface area contributed by atoms with Crippen molar-refractivity contribution in [2.24, 2.45) is 5.84 Å². The number of hydrazine groups is 1. The van der Waals surface area contributed by atoms with Crippen molar-refractivity contribution in [1.82, 2.24) is 10.4 Å². The van der Waals surface area contributed by atoms with Crippen LogP contribution in [0.2, 0.25) is 10.0 Å². The monoisotopic (exact) mass is 315 g/mol. The van der Waals surface area contributed by atoms with Crippen LogP contribution >= 0.6 is 34.5 Å². The van der Waals surface area contributed by atoms with Crippen LogP contribution in [0.5, 0.6) is 0 Å². The molecule has 0 saturated carbocycles. The van der Waals surface area contributed by atoms with Gasteiger partial charge in [-0.3, -0.25) is 11.3 Å². The second kappa shape index (κ2) is 6.20. The Morgan fingerprint density at radius 1 is 1.32 bits per heavy atom. The van der Waals surface area contributed by atoms with Crippen LogP contribution in [-0.2, 0) is 6.42 Å². The van der Waals surface area contributed by atoms with E-state index in [1.54, 1.807) is 17.4 Å². The minimum Gasteiger partial charge on any atom is -0.271 e. The highest BCUT2D eigenvalue weighted by Crippen LogP contribution is 2.28. The first-order valence-corrected chi connectivity index (χ1v) is 7.42. The zero-order valence-electron chi connectivity index (χ0n) is 10.7. The van der Waals surface area contributed by atoms with E-state index in [0.29, 0.717) is 10.0 Å². The van der Waals surface area contributed by atoms with Gasteiger partial charge in [0.05, 0.1) is 26.8 Å². The van der Waals surface area contributed by atoms with Crippen molar-refractivity contribution in [3.8, 4) is 0 Å². The molecule has 0 fully saturated rings. The van der Waals surface area contributed by atoms with Gasteiger partial charge in [0, 0.05) is 11.3 Å². The second-order valence-corrected chi connectivity index (χ2v) is 6.45. The van der Waals surface area contributed by atoms with E-state index in [1.165, 1.54) is 4.88 Å². The zero-order chi connectivity index (χ0) is 14.0. The summed E-state index contributed by atoms with van der Waals surface area (Å²) in [5, 5.41) is 2.14. The number of aryl methyl sites for hydroxylation is 2.